The largest absolute Gasteiger partial charge is 0.486 e. The number of hydrogen-bond donors (Lipinski definition) is 3. The van der Waals surface area contributed by atoms with Crippen LogP contribution in [0, 0.1) is 5.41 Å². The highest BCUT2D eigenvalue weighted by molar-refractivity contribution is 7.99. The van der Waals surface area contributed by atoms with Crippen LogP contribution >= 0.6 is 11.8 Å². The molecule has 0 saturated carbocycles. The van der Waals surface area contributed by atoms with Crippen LogP contribution in [0.3, 0.4) is 0 Å². The molecule has 11 heteroatoms. The number of aliphatic hydroxyl groups excluding tert-OH is 2. The molecule has 1 unspecified atom stereocenters. The quantitative estimate of drug-likeness (QED) is 0.559. The van der Waals surface area contributed by atoms with Gasteiger partial charge in [-0.2, -0.15) is 0 Å². The zero-order valence-electron chi connectivity index (χ0n) is 19.8. The van der Waals surface area contributed by atoms with E-state index in [4.69, 9.17) is 25.2 Å². The van der Waals surface area contributed by atoms with Gasteiger partial charge in [-0.1, -0.05) is 11.8 Å². The highest BCUT2D eigenvalue weighted by atomic mass is 32.2. The lowest BCUT2D eigenvalue weighted by molar-refractivity contribution is 0.0973. The average molecular weight is 501 g/mol. The highest BCUT2D eigenvalue weighted by Gasteiger charge is 2.47. The first-order chi connectivity index (χ1) is 17.0. The third kappa shape index (κ3) is 4.03. The molecule has 2 aromatic rings. The van der Waals surface area contributed by atoms with E-state index in [-0.39, 0.29) is 36.3 Å². The van der Waals surface area contributed by atoms with E-state index >= 15 is 0 Å². The second-order valence-electron chi connectivity index (χ2n) is 10.1. The lowest BCUT2D eigenvalue weighted by atomic mass is 9.73. The van der Waals surface area contributed by atoms with Crippen LogP contribution in [0.1, 0.15) is 31.9 Å². The standard InChI is InChI=1S/C24H32N6O4S/c1-14-21(25)24(13-34-14)3-6-29(7-4-24)22-17(11-31)28-19(9-27-22)35-18-2-5-26-23-20(18)33-12-15-8-16(32)10-30(15)23/h2,5,9,14-16,21,31-32H,3-4,6-8,10-13,25H2,1H3/t14-,15?,16+,21+/m0/s1. The zero-order valence-corrected chi connectivity index (χ0v) is 20.7. The van der Waals surface area contributed by atoms with Crippen LogP contribution in [0.2, 0.25) is 0 Å². The zero-order chi connectivity index (χ0) is 24.2. The number of hydrogen-bond acceptors (Lipinski definition) is 11. The van der Waals surface area contributed by atoms with Gasteiger partial charge in [0.25, 0.3) is 0 Å². The van der Waals surface area contributed by atoms with E-state index in [1.54, 1.807) is 12.4 Å². The molecule has 0 amide bonds. The molecule has 35 heavy (non-hydrogen) atoms. The van der Waals surface area contributed by atoms with Crippen LogP contribution in [-0.2, 0) is 11.3 Å². The Hall–Kier alpha value is -2.18. The van der Waals surface area contributed by atoms with E-state index in [0.717, 1.165) is 42.5 Å². The summed E-state index contributed by atoms with van der Waals surface area (Å²) in [5.41, 5.74) is 7.06. The van der Waals surface area contributed by atoms with E-state index in [1.807, 2.05) is 6.07 Å². The number of aromatic nitrogens is 3. The van der Waals surface area contributed by atoms with Crippen LogP contribution in [-0.4, -0.2) is 82.3 Å². The van der Waals surface area contributed by atoms with Crippen molar-refractivity contribution in [1.82, 2.24) is 15.0 Å². The maximum Gasteiger partial charge on any atom is 0.175 e. The Morgan fingerprint density at radius 3 is 2.83 bits per heavy atom. The van der Waals surface area contributed by atoms with E-state index < -0.39 is 0 Å². The van der Waals surface area contributed by atoms with Gasteiger partial charge in [0.15, 0.2) is 17.4 Å². The highest BCUT2D eigenvalue weighted by Crippen LogP contribution is 2.45. The van der Waals surface area contributed by atoms with Gasteiger partial charge in [-0.05, 0) is 32.3 Å². The van der Waals surface area contributed by atoms with Crippen molar-refractivity contribution in [3.63, 3.8) is 0 Å². The Balaban J connectivity index is 1.19. The summed E-state index contributed by atoms with van der Waals surface area (Å²) < 4.78 is 11.9. The second kappa shape index (κ2) is 9.04. The number of nitrogens with two attached hydrogens (primary N) is 1. The molecule has 3 fully saturated rings. The summed E-state index contributed by atoms with van der Waals surface area (Å²) >= 11 is 1.45. The van der Waals surface area contributed by atoms with Crippen molar-refractivity contribution >= 4 is 23.4 Å². The number of anilines is 2. The molecular formula is C24H32N6O4S. The molecular weight excluding hydrogens is 468 g/mol. The van der Waals surface area contributed by atoms with Crippen LogP contribution in [0.5, 0.6) is 5.75 Å². The molecule has 6 heterocycles. The van der Waals surface area contributed by atoms with Crippen molar-refractivity contribution in [2.24, 2.45) is 11.1 Å². The minimum atomic E-state index is -0.358. The molecule has 4 atom stereocenters. The maximum absolute atomic E-state index is 10.1. The first-order valence-corrected chi connectivity index (χ1v) is 13.1. The molecule has 4 N–H and O–H groups in total. The number of piperidine rings is 1. The van der Waals surface area contributed by atoms with Crippen LogP contribution in [0.4, 0.5) is 11.6 Å². The monoisotopic (exact) mass is 500 g/mol. The summed E-state index contributed by atoms with van der Waals surface area (Å²) in [4.78, 5) is 19.2. The van der Waals surface area contributed by atoms with Crippen LogP contribution < -0.4 is 20.3 Å². The van der Waals surface area contributed by atoms with Gasteiger partial charge in [-0.25, -0.2) is 15.0 Å². The van der Waals surface area contributed by atoms with Crippen molar-refractivity contribution in [3.8, 4) is 5.75 Å². The van der Waals surface area contributed by atoms with Crippen molar-refractivity contribution in [3.05, 3.63) is 24.2 Å². The van der Waals surface area contributed by atoms with Gasteiger partial charge in [0.2, 0.25) is 0 Å². The minimum Gasteiger partial charge on any atom is -0.486 e. The maximum atomic E-state index is 10.1. The SMILES string of the molecule is C[C@@H]1OCC2(CCN(c3ncc(Sc4ccnc5c4OCC4C[C@@H](O)CN54)nc3CO)CC2)[C@@H]1N. The Kier molecular flexibility index (Phi) is 6.00. The summed E-state index contributed by atoms with van der Waals surface area (Å²) in [6.07, 6.45) is 5.82. The Bertz CT molecular complexity index is 1100. The minimum absolute atomic E-state index is 0.0311. The Labute approximate surface area is 208 Å². The molecule has 0 bridgehead atoms. The normalized spacial score (nSPS) is 29.3. The summed E-state index contributed by atoms with van der Waals surface area (Å²) in [6, 6.07) is 2.12. The number of rotatable bonds is 4. The molecule has 4 aliphatic rings. The molecule has 1 spiro atoms. The van der Waals surface area contributed by atoms with Gasteiger partial charge in [-0.15, -0.1) is 0 Å². The summed E-state index contributed by atoms with van der Waals surface area (Å²) in [5, 5.41) is 20.9. The molecule has 6 rings (SSSR count). The fourth-order valence-electron chi connectivity index (χ4n) is 5.90. The van der Waals surface area contributed by atoms with E-state index in [1.165, 1.54) is 11.8 Å². The Morgan fingerprint density at radius 1 is 1.26 bits per heavy atom. The third-order valence-electron chi connectivity index (χ3n) is 8.00. The van der Waals surface area contributed by atoms with Crippen molar-refractivity contribution in [1.29, 1.82) is 0 Å². The van der Waals surface area contributed by atoms with Gasteiger partial charge in [0.1, 0.15) is 17.3 Å². The van der Waals surface area contributed by atoms with Crippen molar-refractivity contribution in [2.45, 2.75) is 67.0 Å². The molecule has 3 saturated heterocycles. The fourth-order valence-corrected chi connectivity index (χ4v) is 6.76. The van der Waals surface area contributed by atoms with Gasteiger partial charge in [-0.3, -0.25) is 0 Å². The average Bonchev–Trinajstić information content (AvgIpc) is 3.39. The first kappa shape index (κ1) is 23.2. The van der Waals surface area contributed by atoms with Crippen molar-refractivity contribution < 1.29 is 19.7 Å². The molecule has 0 radical (unpaired) electrons. The number of ether oxygens (including phenoxy) is 2. The van der Waals surface area contributed by atoms with Gasteiger partial charge < -0.3 is 35.2 Å². The van der Waals surface area contributed by atoms with Crippen LogP contribution in [0.25, 0.3) is 0 Å². The van der Waals surface area contributed by atoms with Gasteiger partial charge in [0.05, 0.1) is 42.6 Å². The van der Waals surface area contributed by atoms with E-state index in [9.17, 15) is 10.2 Å². The molecule has 2 aromatic heterocycles. The summed E-state index contributed by atoms with van der Waals surface area (Å²) in [7, 11) is 0. The predicted molar refractivity (Wildman–Crippen MR) is 131 cm³/mol. The molecule has 0 aliphatic carbocycles. The lowest BCUT2D eigenvalue weighted by Crippen LogP contribution is -2.51. The third-order valence-corrected chi connectivity index (χ3v) is 8.95. The summed E-state index contributed by atoms with van der Waals surface area (Å²) in [5.74, 6) is 2.21. The predicted octanol–water partition coefficient (Wildman–Crippen LogP) is 1.18. The molecule has 4 aliphatic heterocycles. The number of fused-ring (bicyclic) bond motifs is 3. The van der Waals surface area contributed by atoms with E-state index in [2.05, 4.69) is 21.7 Å². The topological polar surface area (TPSA) is 130 Å². The molecule has 0 aromatic carbocycles. The van der Waals surface area contributed by atoms with E-state index in [0.29, 0.717) is 42.6 Å². The van der Waals surface area contributed by atoms with Gasteiger partial charge >= 0.3 is 0 Å². The fraction of sp³-hybridized carbons (Fsp3) is 0.625. The Morgan fingerprint density at radius 2 is 2.09 bits per heavy atom. The van der Waals surface area contributed by atoms with Crippen molar-refractivity contribution in [2.75, 3.05) is 42.6 Å². The smallest absolute Gasteiger partial charge is 0.175 e. The molecule has 10 nitrogen and oxygen atoms in total. The second-order valence-corrected chi connectivity index (χ2v) is 11.2. The van der Waals surface area contributed by atoms with Crippen LogP contribution in [0.15, 0.2) is 28.4 Å². The summed E-state index contributed by atoms with van der Waals surface area (Å²) in [6.45, 7) is 5.30. The number of aliphatic hydroxyl groups is 2. The lowest BCUT2D eigenvalue weighted by Gasteiger charge is -2.41. The number of nitrogens with zero attached hydrogens (tertiary/aromatic N) is 5. The number of pyridine rings is 1. The molecule has 188 valence electrons. The van der Waals surface area contributed by atoms with Gasteiger partial charge in [0, 0.05) is 37.3 Å². The first-order valence-electron chi connectivity index (χ1n) is 12.3.